The second-order valence-corrected chi connectivity index (χ2v) is 10.2. The minimum Gasteiger partial charge on any atom is -0.351 e. The Labute approximate surface area is 237 Å². The summed E-state index contributed by atoms with van der Waals surface area (Å²) in [5, 5.41) is 11.7. The minimum atomic E-state index is -2.96. The Morgan fingerprint density at radius 3 is 2.62 bits per heavy atom. The van der Waals surface area contributed by atoms with E-state index < -0.39 is 60.3 Å². The summed E-state index contributed by atoms with van der Waals surface area (Å²) in [5.74, 6) is -6.57. The molecular formula is C29H24F4N6O3. The lowest BCUT2D eigenvalue weighted by atomic mass is 9.87. The van der Waals surface area contributed by atoms with E-state index in [1.54, 1.807) is 0 Å². The molecule has 1 N–H and O–H groups in total. The molecule has 216 valence electrons. The summed E-state index contributed by atoms with van der Waals surface area (Å²) in [5.41, 5.74) is -0.181. The van der Waals surface area contributed by atoms with Crippen LogP contribution in [0, 0.1) is 23.0 Å². The number of hydrogen-bond donors (Lipinski definition) is 1. The highest BCUT2D eigenvalue weighted by atomic mass is 19.3. The molecule has 1 aromatic carbocycles. The van der Waals surface area contributed by atoms with Gasteiger partial charge in [-0.25, -0.2) is 22.5 Å². The second-order valence-electron chi connectivity index (χ2n) is 10.2. The monoisotopic (exact) mass is 580 g/mol. The fourth-order valence-corrected chi connectivity index (χ4v) is 5.28. The Kier molecular flexibility index (Phi) is 7.89. The molecule has 3 heterocycles. The molecule has 2 fully saturated rings. The SMILES string of the molecule is N#Cc1ccnc(N2C(=O)CC[C@H]2CC(=O)N(c2cncc(F)c2)[C@H](C(=O)NC2CC(F)(F)C2)c2ccccc2F)c1. The summed E-state index contributed by atoms with van der Waals surface area (Å²) in [6, 6.07) is 7.53. The smallest absolute Gasteiger partial charge is 0.252 e. The first kappa shape index (κ1) is 28.7. The predicted octanol–water partition coefficient (Wildman–Crippen LogP) is 4.20. The van der Waals surface area contributed by atoms with E-state index in [-0.39, 0.29) is 47.8 Å². The highest BCUT2D eigenvalue weighted by molar-refractivity contribution is 6.03. The number of rotatable bonds is 8. The first-order valence-corrected chi connectivity index (χ1v) is 13.1. The topological polar surface area (TPSA) is 119 Å². The van der Waals surface area contributed by atoms with Gasteiger partial charge in [0.1, 0.15) is 23.5 Å². The van der Waals surface area contributed by atoms with Crippen LogP contribution in [0.2, 0.25) is 0 Å². The van der Waals surface area contributed by atoms with Crippen molar-refractivity contribution in [3.05, 3.63) is 83.8 Å². The van der Waals surface area contributed by atoms with Gasteiger partial charge >= 0.3 is 0 Å². The van der Waals surface area contributed by atoms with Gasteiger partial charge in [-0.3, -0.25) is 29.2 Å². The van der Waals surface area contributed by atoms with E-state index in [1.165, 1.54) is 41.4 Å². The number of amides is 3. The first-order valence-electron chi connectivity index (χ1n) is 13.1. The Balaban J connectivity index is 1.53. The third-order valence-electron chi connectivity index (χ3n) is 7.24. The Hall–Kier alpha value is -4.86. The van der Waals surface area contributed by atoms with Crippen LogP contribution in [0.15, 0.2) is 61.1 Å². The lowest BCUT2D eigenvalue weighted by Crippen LogP contribution is -2.54. The van der Waals surface area contributed by atoms with Crippen LogP contribution >= 0.6 is 0 Å². The molecule has 9 nitrogen and oxygen atoms in total. The van der Waals surface area contributed by atoms with Crippen molar-refractivity contribution in [1.29, 1.82) is 5.26 Å². The molecule has 0 spiro atoms. The predicted molar refractivity (Wildman–Crippen MR) is 141 cm³/mol. The number of halogens is 4. The van der Waals surface area contributed by atoms with Crippen LogP contribution in [0.1, 0.15) is 49.3 Å². The van der Waals surface area contributed by atoms with Crippen molar-refractivity contribution in [1.82, 2.24) is 15.3 Å². The second kappa shape index (κ2) is 11.6. The first-order chi connectivity index (χ1) is 20.1. The van der Waals surface area contributed by atoms with Crippen LogP contribution in [0.5, 0.6) is 0 Å². The van der Waals surface area contributed by atoms with E-state index >= 15 is 4.39 Å². The van der Waals surface area contributed by atoms with Crippen molar-refractivity contribution in [3.63, 3.8) is 0 Å². The third kappa shape index (κ3) is 5.93. The summed E-state index contributed by atoms with van der Waals surface area (Å²) in [4.78, 5) is 50.6. The van der Waals surface area contributed by atoms with E-state index in [4.69, 9.17) is 0 Å². The van der Waals surface area contributed by atoms with E-state index in [9.17, 15) is 32.8 Å². The normalized spacial score (nSPS) is 18.6. The zero-order chi connectivity index (χ0) is 30.0. The summed E-state index contributed by atoms with van der Waals surface area (Å²) in [6.07, 6.45) is 2.03. The lowest BCUT2D eigenvalue weighted by Gasteiger charge is -2.38. The van der Waals surface area contributed by atoms with Gasteiger partial charge in [-0.1, -0.05) is 18.2 Å². The average Bonchev–Trinajstić information content (AvgIpc) is 3.30. The molecule has 1 saturated carbocycles. The lowest BCUT2D eigenvalue weighted by molar-refractivity contribution is -0.133. The molecule has 5 rings (SSSR count). The standard InChI is InChI=1S/C29H24F4N6O3/c30-18-10-21(16-35-15-18)39(26(41)11-20-5-6-25(40)38(20)24-9-17(14-34)7-8-36-24)27(22-3-1-2-4-23(22)31)28(42)37-19-12-29(32,33)13-19/h1-4,7-10,15-16,19-20,27H,5-6,11-13H2,(H,37,42)/t20-,27-/m0/s1. The van der Waals surface area contributed by atoms with Gasteiger partial charge in [-0.15, -0.1) is 0 Å². The summed E-state index contributed by atoms with van der Waals surface area (Å²) in [7, 11) is 0. The number of nitrogens with zero attached hydrogens (tertiary/aromatic N) is 5. The van der Waals surface area contributed by atoms with Crippen molar-refractivity contribution < 1.29 is 31.9 Å². The van der Waals surface area contributed by atoms with E-state index in [0.717, 1.165) is 29.4 Å². The van der Waals surface area contributed by atoms with Crippen molar-refractivity contribution in [2.45, 2.75) is 56.2 Å². The average molecular weight is 581 g/mol. The van der Waals surface area contributed by atoms with Crippen LogP contribution in [0.3, 0.4) is 0 Å². The highest BCUT2D eigenvalue weighted by Crippen LogP contribution is 2.39. The Bertz CT molecular complexity index is 1570. The molecule has 0 unspecified atom stereocenters. The molecule has 2 aliphatic rings. The van der Waals surface area contributed by atoms with Crippen molar-refractivity contribution in [2.75, 3.05) is 9.80 Å². The van der Waals surface area contributed by atoms with E-state index in [1.807, 2.05) is 6.07 Å². The third-order valence-corrected chi connectivity index (χ3v) is 7.24. The Morgan fingerprint density at radius 2 is 1.93 bits per heavy atom. The van der Waals surface area contributed by atoms with E-state index in [2.05, 4.69) is 15.3 Å². The van der Waals surface area contributed by atoms with E-state index in [0.29, 0.717) is 0 Å². The minimum absolute atomic E-state index is 0.0745. The zero-order valence-electron chi connectivity index (χ0n) is 22.0. The molecule has 2 atom stereocenters. The van der Waals surface area contributed by atoms with Crippen LogP contribution in [-0.4, -0.2) is 45.7 Å². The number of benzene rings is 1. The highest BCUT2D eigenvalue weighted by Gasteiger charge is 2.47. The van der Waals surface area contributed by atoms with Gasteiger partial charge in [0.15, 0.2) is 0 Å². The Morgan fingerprint density at radius 1 is 1.17 bits per heavy atom. The number of aromatic nitrogens is 2. The molecule has 1 saturated heterocycles. The number of carbonyl (C=O) groups excluding carboxylic acids is 3. The molecule has 1 aliphatic heterocycles. The summed E-state index contributed by atoms with van der Waals surface area (Å²) >= 11 is 0. The molecule has 3 amide bonds. The van der Waals surface area contributed by atoms with Gasteiger partial charge in [-0.2, -0.15) is 5.26 Å². The summed E-state index contributed by atoms with van der Waals surface area (Å²) < 4.78 is 56.6. The van der Waals surface area contributed by atoms with Gasteiger partial charge in [0, 0.05) is 55.6 Å². The largest absolute Gasteiger partial charge is 0.351 e. The molecule has 0 radical (unpaired) electrons. The van der Waals surface area contributed by atoms with Gasteiger partial charge < -0.3 is 5.32 Å². The fourth-order valence-electron chi connectivity index (χ4n) is 5.28. The zero-order valence-corrected chi connectivity index (χ0v) is 22.0. The molecule has 1 aliphatic carbocycles. The van der Waals surface area contributed by atoms with Crippen molar-refractivity contribution in [2.24, 2.45) is 0 Å². The number of nitriles is 1. The number of anilines is 2. The van der Waals surface area contributed by atoms with Crippen molar-refractivity contribution >= 4 is 29.2 Å². The molecule has 0 bridgehead atoms. The van der Waals surface area contributed by atoms with Crippen LogP contribution in [0.25, 0.3) is 0 Å². The van der Waals surface area contributed by atoms with Gasteiger partial charge in [0.05, 0.1) is 29.7 Å². The molecule has 3 aromatic rings. The van der Waals surface area contributed by atoms with Crippen LogP contribution in [-0.2, 0) is 14.4 Å². The fraction of sp³-hybridized carbons (Fsp3) is 0.310. The van der Waals surface area contributed by atoms with Crippen LogP contribution in [0.4, 0.5) is 29.1 Å². The number of hydrogen-bond acceptors (Lipinski definition) is 6. The van der Waals surface area contributed by atoms with Gasteiger partial charge in [0.25, 0.3) is 5.92 Å². The molecule has 42 heavy (non-hydrogen) atoms. The number of pyridine rings is 2. The van der Waals surface area contributed by atoms with Gasteiger partial charge in [0.2, 0.25) is 17.7 Å². The molecular weight excluding hydrogens is 556 g/mol. The molecule has 13 heteroatoms. The maximum absolute atomic E-state index is 15.2. The molecule has 2 aromatic heterocycles. The van der Waals surface area contributed by atoms with Gasteiger partial charge in [-0.05, 0) is 24.6 Å². The van der Waals surface area contributed by atoms with Crippen LogP contribution < -0.4 is 15.1 Å². The quantitative estimate of drug-likeness (QED) is 0.399. The summed E-state index contributed by atoms with van der Waals surface area (Å²) in [6.45, 7) is 0. The maximum Gasteiger partial charge on any atom is 0.252 e. The maximum atomic E-state index is 15.2. The number of carbonyl (C=O) groups is 3. The number of alkyl halides is 2. The number of nitrogens with one attached hydrogen (secondary N) is 1. The van der Waals surface area contributed by atoms with Crippen molar-refractivity contribution in [3.8, 4) is 6.07 Å².